The lowest BCUT2D eigenvalue weighted by Gasteiger charge is -2.53. The summed E-state index contributed by atoms with van der Waals surface area (Å²) in [6.45, 7) is -0.247. The van der Waals surface area contributed by atoms with E-state index in [2.05, 4.69) is 0 Å². The summed E-state index contributed by atoms with van der Waals surface area (Å²) in [5, 5.41) is 12.2. The van der Waals surface area contributed by atoms with Crippen molar-refractivity contribution in [3.05, 3.63) is 81.1 Å². The van der Waals surface area contributed by atoms with Gasteiger partial charge in [-0.25, -0.2) is 13.2 Å². The number of allylic oxidation sites excluding steroid dienone is 1. The third-order valence-corrected chi connectivity index (χ3v) is 8.37. The fourth-order valence-electron chi connectivity index (χ4n) is 5.56. The molecule has 2 atom stereocenters. The van der Waals surface area contributed by atoms with Crippen molar-refractivity contribution in [2.45, 2.75) is 48.7 Å². The predicted octanol–water partition coefficient (Wildman–Crippen LogP) is 4.49. The van der Waals surface area contributed by atoms with Gasteiger partial charge >= 0.3 is 0 Å². The maximum absolute atomic E-state index is 15.6. The van der Waals surface area contributed by atoms with Crippen LogP contribution in [0.3, 0.4) is 0 Å². The van der Waals surface area contributed by atoms with Crippen LogP contribution in [0.15, 0.2) is 69.3 Å². The fraction of sp³-hybridized carbons (Fsp3) is 0.360. The van der Waals surface area contributed by atoms with Gasteiger partial charge in [0, 0.05) is 41.5 Å². The van der Waals surface area contributed by atoms with Crippen molar-refractivity contribution in [1.82, 2.24) is 9.58 Å². The quantitative estimate of drug-likeness (QED) is 0.624. The first-order chi connectivity index (χ1) is 16.8. The van der Waals surface area contributed by atoms with Gasteiger partial charge in [-0.15, -0.1) is 11.8 Å². The van der Waals surface area contributed by atoms with Crippen LogP contribution >= 0.6 is 11.8 Å². The molecule has 1 aromatic carbocycles. The summed E-state index contributed by atoms with van der Waals surface area (Å²) in [7, 11) is 0. The Morgan fingerprint density at radius 2 is 1.94 bits per heavy atom. The van der Waals surface area contributed by atoms with E-state index in [1.807, 2.05) is 24.3 Å². The zero-order valence-corrected chi connectivity index (χ0v) is 19.4. The Hall–Kier alpha value is -3.14. The molecule has 1 aliphatic carbocycles. The first-order valence-corrected chi connectivity index (χ1v) is 12.5. The highest BCUT2D eigenvalue weighted by atomic mass is 32.2. The Bertz CT molecular complexity index is 1370. The number of piperidine rings is 1. The van der Waals surface area contributed by atoms with Gasteiger partial charge in [0.05, 0.1) is 6.42 Å². The zero-order chi connectivity index (χ0) is 24.5. The molecule has 1 aromatic heterocycles. The number of amides is 1. The Morgan fingerprint density at radius 3 is 2.77 bits per heavy atom. The maximum atomic E-state index is 15.6. The molecule has 1 amide bonds. The van der Waals surface area contributed by atoms with Gasteiger partial charge in [-0.3, -0.25) is 19.3 Å². The number of fused-ring (bicyclic) bond motifs is 3. The van der Waals surface area contributed by atoms with Gasteiger partial charge in [-0.2, -0.15) is 0 Å². The molecule has 35 heavy (non-hydrogen) atoms. The number of hydrogen-bond donors (Lipinski definition) is 1. The van der Waals surface area contributed by atoms with E-state index in [1.165, 1.54) is 21.8 Å². The van der Waals surface area contributed by atoms with E-state index in [1.54, 1.807) is 16.8 Å². The molecule has 1 N–H and O–H groups in total. The second kappa shape index (κ2) is 7.94. The van der Waals surface area contributed by atoms with E-state index >= 15 is 4.39 Å². The predicted molar refractivity (Wildman–Crippen MR) is 125 cm³/mol. The minimum atomic E-state index is -3.03. The molecule has 10 heteroatoms. The molecule has 2 aromatic rings. The van der Waals surface area contributed by atoms with Crippen LogP contribution in [-0.4, -0.2) is 45.0 Å². The van der Waals surface area contributed by atoms with Gasteiger partial charge in [-0.05, 0) is 30.5 Å². The van der Waals surface area contributed by atoms with Crippen LogP contribution in [0.1, 0.15) is 47.8 Å². The van der Waals surface area contributed by atoms with Crippen molar-refractivity contribution in [2.75, 3.05) is 17.3 Å². The summed E-state index contributed by atoms with van der Waals surface area (Å²) >= 11 is 1.57. The summed E-state index contributed by atoms with van der Waals surface area (Å²) in [5.41, 5.74) is 0.969. The number of benzene rings is 1. The van der Waals surface area contributed by atoms with Crippen molar-refractivity contribution in [3.63, 3.8) is 0 Å². The monoisotopic (exact) mass is 501 g/mol. The summed E-state index contributed by atoms with van der Waals surface area (Å²) in [6, 6.07) is 7.69. The van der Waals surface area contributed by atoms with E-state index in [0.29, 0.717) is 24.2 Å². The normalized spacial score (nSPS) is 25.2. The van der Waals surface area contributed by atoms with Crippen molar-refractivity contribution in [1.29, 1.82) is 0 Å². The lowest BCUT2D eigenvalue weighted by atomic mass is 9.87. The number of alkyl halides is 2. The number of carbonyl (C=O) groups is 1. The largest absolute Gasteiger partial charge is 0.502 e. The smallest absolute Gasteiger partial charge is 0.278 e. The zero-order valence-electron chi connectivity index (χ0n) is 18.6. The maximum Gasteiger partial charge on any atom is 0.278 e. The van der Waals surface area contributed by atoms with Gasteiger partial charge in [-0.1, -0.05) is 23.8 Å². The average Bonchev–Trinajstić information content (AvgIpc) is 2.99. The highest BCUT2D eigenvalue weighted by molar-refractivity contribution is 7.99. The second-order valence-corrected chi connectivity index (χ2v) is 10.2. The van der Waals surface area contributed by atoms with Gasteiger partial charge in [0.2, 0.25) is 5.43 Å². The van der Waals surface area contributed by atoms with Crippen LogP contribution in [-0.2, 0) is 0 Å². The Labute approximate surface area is 203 Å². The SMILES string of the molecule is O=C1c2c(O)c(=O)ccn2N([C@H]2C3=C(CCC=C3F)CSc3ccccc32)C2CC(F)(F)CCN12. The van der Waals surface area contributed by atoms with Crippen molar-refractivity contribution >= 4 is 17.7 Å². The number of halogens is 3. The molecular formula is C25H22F3N3O3S. The number of pyridine rings is 1. The summed E-state index contributed by atoms with van der Waals surface area (Å²) < 4.78 is 46.4. The van der Waals surface area contributed by atoms with Gasteiger partial charge < -0.3 is 10.0 Å². The third-order valence-electron chi connectivity index (χ3n) is 7.19. The molecule has 182 valence electrons. The number of aromatic hydroxyl groups is 1. The molecule has 0 saturated carbocycles. The highest BCUT2D eigenvalue weighted by Gasteiger charge is 2.52. The van der Waals surface area contributed by atoms with Crippen LogP contribution in [0, 0.1) is 0 Å². The number of nitrogens with zero attached hydrogens (tertiary/aromatic N) is 3. The average molecular weight is 502 g/mol. The number of rotatable bonds is 1. The lowest BCUT2D eigenvalue weighted by molar-refractivity contribution is -0.0785. The molecule has 0 radical (unpaired) electrons. The van der Waals surface area contributed by atoms with E-state index in [-0.39, 0.29) is 12.2 Å². The summed E-state index contributed by atoms with van der Waals surface area (Å²) in [4.78, 5) is 27.8. The van der Waals surface area contributed by atoms with Crippen molar-refractivity contribution in [3.8, 4) is 5.75 Å². The molecule has 1 unspecified atom stereocenters. The van der Waals surface area contributed by atoms with Crippen molar-refractivity contribution < 1.29 is 23.1 Å². The fourth-order valence-corrected chi connectivity index (χ4v) is 6.71. The van der Waals surface area contributed by atoms with Crippen LogP contribution in [0.2, 0.25) is 0 Å². The van der Waals surface area contributed by atoms with Crippen LogP contribution in [0.4, 0.5) is 13.2 Å². The van der Waals surface area contributed by atoms with Gasteiger partial charge in [0.1, 0.15) is 18.0 Å². The van der Waals surface area contributed by atoms with Gasteiger partial charge in [0.15, 0.2) is 11.4 Å². The lowest BCUT2D eigenvalue weighted by Crippen LogP contribution is -2.66. The number of thioether (sulfide) groups is 1. The molecular weight excluding hydrogens is 479 g/mol. The Balaban J connectivity index is 1.66. The number of carbonyl (C=O) groups excluding carboxylic acids is 1. The number of aromatic nitrogens is 1. The minimum Gasteiger partial charge on any atom is -0.502 e. The van der Waals surface area contributed by atoms with Crippen LogP contribution < -0.4 is 10.4 Å². The third kappa shape index (κ3) is 3.41. The van der Waals surface area contributed by atoms with E-state index in [0.717, 1.165) is 22.1 Å². The standard InChI is InChI=1S/C25H22F3N3O3S/c26-16-6-3-4-14-13-35-18-7-2-1-5-15(18)21(20(14)16)31-19-12-25(27,28)9-11-29(19)24(34)22-23(33)17(32)8-10-30(22)31/h1-2,5-8,10,19,21,33H,3-4,9,11-13H2/t19?,21-/m1/s1. The molecule has 0 spiro atoms. The molecule has 3 aliphatic heterocycles. The summed E-state index contributed by atoms with van der Waals surface area (Å²) in [6.07, 6.45) is 1.72. The Morgan fingerprint density at radius 1 is 1.14 bits per heavy atom. The van der Waals surface area contributed by atoms with E-state index in [4.69, 9.17) is 0 Å². The van der Waals surface area contributed by atoms with Crippen LogP contribution in [0.25, 0.3) is 0 Å². The molecule has 1 saturated heterocycles. The molecule has 4 heterocycles. The topological polar surface area (TPSA) is 65.8 Å². The Kier molecular flexibility index (Phi) is 5.07. The molecule has 1 fully saturated rings. The van der Waals surface area contributed by atoms with E-state index < -0.39 is 53.9 Å². The van der Waals surface area contributed by atoms with Crippen molar-refractivity contribution in [2.24, 2.45) is 0 Å². The van der Waals surface area contributed by atoms with E-state index in [9.17, 15) is 23.5 Å². The first-order valence-electron chi connectivity index (χ1n) is 11.5. The second-order valence-electron chi connectivity index (χ2n) is 9.23. The number of hydrogen-bond acceptors (Lipinski definition) is 5. The summed E-state index contributed by atoms with van der Waals surface area (Å²) in [5.74, 6) is -4.32. The van der Waals surface area contributed by atoms with Gasteiger partial charge in [0.25, 0.3) is 11.8 Å². The molecule has 6 rings (SSSR count). The highest BCUT2D eigenvalue weighted by Crippen LogP contribution is 2.49. The molecule has 4 aliphatic rings. The minimum absolute atomic E-state index is 0.247. The molecule has 6 nitrogen and oxygen atoms in total. The first kappa shape index (κ1) is 22.3. The molecule has 0 bridgehead atoms. The van der Waals surface area contributed by atoms with Crippen LogP contribution in [0.5, 0.6) is 5.75 Å².